The summed E-state index contributed by atoms with van der Waals surface area (Å²) in [5.74, 6) is 1.26. The maximum atomic E-state index is 12.8. The molecule has 0 saturated carbocycles. The minimum atomic E-state index is -0.494. The van der Waals surface area contributed by atoms with Gasteiger partial charge in [-0.1, -0.05) is 6.07 Å². The number of nitrogens with zero attached hydrogens (tertiary/aromatic N) is 1. The van der Waals surface area contributed by atoms with E-state index in [4.69, 9.17) is 10.5 Å². The van der Waals surface area contributed by atoms with Crippen LogP contribution in [-0.4, -0.2) is 28.9 Å². The summed E-state index contributed by atoms with van der Waals surface area (Å²) in [5.41, 5.74) is 6.64. The highest BCUT2D eigenvalue weighted by molar-refractivity contribution is 7.98. The molecule has 0 fully saturated rings. The Kier molecular flexibility index (Phi) is 7.02. The molecule has 0 radical (unpaired) electrons. The molecule has 1 amide bonds. The molecule has 0 unspecified atom stereocenters. The number of nitrogens with two attached hydrogens (primary N) is 1. The van der Waals surface area contributed by atoms with E-state index in [0.717, 1.165) is 11.3 Å². The van der Waals surface area contributed by atoms with E-state index >= 15 is 0 Å². The molecule has 1 aromatic heterocycles. The topological polar surface area (TPSA) is 77.2 Å². The quantitative estimate of drug-likeness (QED) is 0.766. The number of rotatable bonds is 8. The van der Waals surface area contributed by atoms with Gasteiger partial charge in [0.15, 0.2) is 0 Å². The summed E-state index contributed by atoms with van der Waals surface area (Å²) >= 11 is 1.66. The first-order valence-electron chi connectivity index (χ1n) is 7.49. The Morgan fingerprint density at radius 2 is 2.08 bits per heavy atom. The van der Waals surface area contributed by atoms with Gasteiger partial charge in [0.25, 0.3) is 0 Å². The molecular formula is C17H20FN3O2S. The van der Waals surface area contributed by atoms with E-state index in [0.29, 0.717) is 24.6 Å². The number of pyridine rings is 1. The third-order valence-electron chi connectivity index (χ3n) is 3.27. The Bertz CT molecular complexity index is 650. The minimum Gasteiger partial charge on any atom is -0.439 e. The summed E-state index contributed by atoms with van der Waals surface area (Å²) in [6.07, 6.45) is 4.24. The second-order valence-electron chi connectivity index (χ2n) is 5.17. The molecule has 1 heterocycles. The maximum absolute atomic E-state index is 12.8. The summed E-state index contributed by atoms with van der Waals surface area (Å²) < 4.78 is 18.3. The maximum Gasteiger partial charge on any atom is 0.237 e. The van der Waals surface area contributed by atoms with E-state index in [1.165, 1.54) is 24.3 Å². The number of ether oxygens (including phenoxy) is 1. The molecule has 7 heteroatoms. The minimum absolute atomic E-state index is 0.171. The Hall–Kier alpha value is -2.12. The lowest BCUT2D eigenvalue weighted by molar-refractivity contribution is -0.122. The number of amides is 1. The zero-order chi connectivity index (χ0) is 17.4. The van der Waals surface area contributed by atoms with Crippen LogP contribution in [0.4, 0.5) is 4.39 Å². The van der Waals surface area contributed by atoms with Gasteiger partial charge in [-0.2, -0.15) is 11.8 Å². The van der Waals surface area contributed by atoms with Crippen LogP contribution in [0.5, 0.6) is 11.6 Å². The number of carbonyl (C=O) groups excluding carboxylic acids is 1. The number of halogens is 1. The molecule has 0 spiro atoms. The van der Waals surface area contributed by atoms with Crippen LogP contribution >= 0.6 is 11.8 Å². The smallest absolute Gasteiger partial charge is 0.237 e. The average Bonchev–Trinajstić information content (AvgIpc) is 2.60. The van der Waals surface area contributed by atoms with Crippen molar-refractivity contribution in [3.8, 4) is 11.6 Å². The first-order valence-corrected chi connectivity index (χ1v) is 8.88. The monoisotopic (exact) mass is 349 g/mol. The van der Waals surface area contributed by atoms with Crippen LogP contribution in [0.3, 0.4) is 0 Å². The van der Waals surface area contributed by atoms with E-state index < -0.39 is 6.04 Å². The van der Waals surface area contributed by atoms with Crippen LogP contribution in [-0.2, 0) is 11.3 Å². The van der Waals surface area contributed by atoms with Crippen molar-refractivity contribution in [2.24, 2.45) is 5.73 Å². The number of hydrogen-bond donors (Lipinski definition) is 2. The lowest BCUT2D eigenvalue weighted by Gasteiger charge is -2.11. The first-order chi connectivity index (χ1) is 11.6. The van der Waals surface area contributed by atoms with Crippen LogP contribution in [0.2, 0.25) is 0 Å². The normalized spacial score (nSPS) is 11.8. The molecule has 2 rings (SSSR count). The van der Waals surface area contributed by atoms with Gasteiger partial charge in [0.1, 0.15) is 11.6 Å². The molecule has 128 valence electrons. The summed E-state index contributed by atoms with van der Waals surface area (Å²) in [5, 5.41) is 2.79. The van der Waals surface area contributed by atoms with E-state index in [1.807, 2.05) is 6.26 Å². The molecule has 3 N–H and O–H groups in total. The van der Waals surface area contributed by atoms with Gasteiger partial charge in [0, 0.05) is 18.8 Å². The van der Waals surface area contributed by atoms with Crippen LogP contribution in [0.25, 0.3) is 0 Å². The second-order valence-corrected chi connectivity index (χ2v) is 6.15. The molecular weight excluding hydrogens is 329 g/mol. The highest BCUT2D eigenvalue weighted by Crippen LogP contribution is 2.19. The van der Waals surface area contributed by atoms with Crippen molar-refractivity contribution in [2.45, 2.75) is 19.0 Å². The molecule has 24 heavy (non-hydrogen) atoms. The van der Waals surface area contributed by atoms with E-state index in [-0.39, 0.29) is 11.7 Å². The van der Waals surface area contributed by atoms with Crippen LogP contribution in [0, 0.1) is 5.82 Å². The summed E-state index contributed by atoms with van der Waals surface area (Å²) in [4.78, 5) is 16.0. The Morgan fingerprint density at radius 3 is 2.71 bits per heavy atom. The highest BCUT2D eigenvalue weighted by Gasteiger charge is 2.12. The molecule has 0 bridgehead atoms. The van der Waals surface area contributed by atoms with Crippen molar-refractivity contribution in [3.05, 3.63) is 54.0 Å². The zero-order valence-corrected chi connectivity index (χ0v) is 14.2. The van der Waals surface area contributed by atoms with Gasteiger partial charge in [-0.05, 0) is 48.3 Å². The van der Waals surface area contributed by atoms with E-state index in [1.54, 1.807) is 30.1 Å². The van der Waals surface area contributed by atoms with Gasteiger partial charge >= 0.3 is 0 Å². The van der Waals surface area contributed by atoms with E-state index in [9.17, 15) is 9.18 Å². The zero-order valence-electron chi connectivity index (χ0n) is 13.4. The standard InChI is InChI=1S/C17H20FN3O2S/c1-24-9-8-15(19)17(22)21-11-12-2-7-16(20-10-12)23-14-5-3-13(18)4-6-14/h2-7,10,15H,8-9,11,19H2,1H3,(H,21,22)/t15-/m0/s1. The number of benzene rings is 1. The average molecular weight is 349 g/mol. The van der Waals surface area contributed by atoms with Gasteiger partial charge in [-0.25, -0.2) is 9.37 Å². The summed E-state index contributed by atoms with van der Waals surface area (Å²) in [6, 6.07) is 8.70. The van der Waals surface area contributed by atoms with Crippen molar-refractivity contribution in [3.63, 3.8) is 0 Å². The Balaban J connectivity index is 1.83. The lowest BCUT2D eigenvalue weighted by Crippen LogP contribution is -2.40. The number of aromatic nitrogens is 1. The fourth-order valence-electron chi connectivity index (χ4n) is 1.90. The third-order valence-corrected chi connectivity index (χ3v) is 3.91. The van der Waals surface area contributed by atoms with Crippen molar-refractivity contribution < 1.29 is 13.9 Å². The molecule has 1 atom stereocenters. The van der Waals surface area contributed by atoms with Crippen LogP contribution in [0.15, 0.2) is 42.6 Å². The van der Waals surface area contributed by atoms with Gasteiger partial charge in [-0.15, -0.1) is 0 Å². The van der Waals surface area contributed by atoms with Gasteiger partial charge in [-0.3, -0.25) is 4.79 Å². The fourth-order valence-corrected chi connectivity index (χ4v) is 2.39. The predicted octanol–water partition coefficient (Wildman–Crippen LogP) is 2.71. The number of thioether (sulfide) groups is 1. The van der Waals surface area contributed by atoms with Crippen LogP contribution in [0.1, 0.15) is 12.0 Å². The van der Waals surface area contributed by atoms with Crippen molar-refractivity contribution in [1.82, 2.24) is 10.3 Å². The molecule has 1 aromatic carbocycles. The molecule has 0 saturated heterocycles. The summed E-state index contributed by atoms with van der Waals surface area (Å²) in [7, 11) is 0. The van der Waals surface area contributed by atoms with Crippen molar-refractivity contribution in [1.29, 1.82) is 0 Å². The highest BCUT2D eigenvalue weighted by atomic mass is 32.2. The fraction of sp³-hybridized carbons (Fsp3) is 0.294. The molecule has 0 aliphatic carbocycles. The number of nitrogens with one attached hydrogen (secondary N) is 1. The molecule has 5 nitrogen and oxygen atoms in total. The van der Waals surface area contributed by atoms with E-state index in [2.05, 4.69) is 10.3 Å². The molecule has 0 aliphatic rings. The van der Waals surface area contributed by atoms with Gasteiger partial charge < -0.3 is 15.8 Å². The second kappa shape index (κ2) is 9.24. The first kappa shape index (κ1) is 18.2. The van der Waals surface area contributed by atoms with Crippen LogP contribution < -0.4 is 15.8 Å². The largest absolute Gasteiger partial charge is 0.439 e. The number of hydrogen-bond acceptors (Lipinski definition) is 5. The molecule has 2 aromatic rings. The third kappa shape index (κ3) is 5.82. The number of carbonyl (C=O) groups is 1. The van der Waals surface area contributed by atoms with Gasteiger partial charge in [0.05, 0.1) is 6.04 Å². The Morgan fingerprint density at radius 1 is 1.33 bits per heavy atom. The predicted molar refractivity (Wildman–Crippen MR) is 93.5 cm³/mol. The molecule has 0 aliphatic heterocycles. The van der Waals surface area contributed by atoms with Crippen molar-refractivity contribution >= 4 is 17.7 Å². The lowest BCUT2D eigenvalue weighted by atomic mass is 10.2. The Labute approximate surface area is 144 Å². The van der Waals surface area contributed by atoms with Crippen molar-refractivity contribution in [2.75, 3.05) is 12.0 Å². The van der Waals surface area contributed by atoms with Gasteiger partial charge in [0.2, 0.25) is 11.8 Å². The SMILES string of the molecule is CSCC[C@H](N)C(=O)NCc1ccc(Oc2ccc(F)cc2)nc1. The summed E-state index contributed by atoms with van der Waals surface area (Å²) in [6.45, 7) is 0.357.